The van der Waals surface area contributed by atoms with Gasteiger partial charge in [0.1, 0.15) is 0 Å². The third kappa shape index (κ3) is 6.43. The van der Waals surface area contributed by atoms with E-state index in [2.05, 4.69) is 261 Å². The Hall–Kier alpha value is -4.32. The van der Waals surface area contributed by atoms with Crippen molar-refractivity contribution in [2.75, 3.05) is 0 Å². The van der Waals surface area contributed by atoms with Crippen LogP contribution < -0.4 is 0 Å². The summed E-state index contributed by atoms with van der Waals surface area (Å²) in [6.45, 7) is 8.58. The molecule has 0 aromatic heterocycles. The first kappa shape index (κ1) is 39.2. The average molecular weight is 1010 g/mol. The zero-order valence-corrected chi connectivity index (χ0v) is 39.0. The fraction of sp³-hybridized carbons (Fsp3) is 0.111. The molecule has 10 rings (SSSR count). The maximum atomic E-state index is 3.73. The van der Waals surface area contributed by atoms with Gasteiger partial charge in [-0.3, -0.25) is 0 Å². The van der Waals surface area contributed by atoms with Crippen molar-refractivity contribution >= 4 is 63.7 Å². The largest absolute Gasteiger partial charge is 0.0714 e. The van der Waals surface area contributed by atoms with E-state index < -0.39 is 0 Å². The number of aryl methyl sites for hydroxylation is 4. The maximum absolute atomic E-state index is 3.73. The van der Waals surface area contributed by atoms with Crippen molar-refractivity contribution in [3.63, 3.8) is 0 Å². The van der Waals surface area contributed by atoms with Crippen LogP contribution in [0.15, 0.2) is 188 Å². The van der Waals surface area contributed by atoms with Crippen molar-refractivity contribution in [3.8, 4) is 22.3 Å². The van der Waals surface area contributed by atoms with Crippen molar-refractivity contribution in [2.24, 2.45) is 0 Å². The van der Waals surface area contributed by atoms with Gasteiger partial charge < -0.3 is 0 Å². The Balaban J connectivity index is 0.000000150. The smallest absolute Gasteiger partial charge is 0.0590 e. The molecule has 4 heteroatoms. The van der Waals surface area contributed by atoms with Crippen LogP contribution in [-0.4, -0.2) is 0 Å². The molecule has 0 N–H and O–H groups in total. The zero-order chi connectivity index (χ0) is 40.3. The third-order valence-electron chi connectivity index (χ3n) is 12.1. The van der Waals surface area contributed by atoms with Gasteiger partial charge in [-0.2, -0.15) is 0 Å². The lowest BCUT2D eigenvalue weighted by molar-refractivity contribution is 0.766. The predicted molar refractivity (Wildman–Crippen MR) is 257 cm³/mol. The van der Waals surface area contributed by atoms with Crippen LogP contribution >= 0.6 is 63.7 Å². The topological polar surface area (TPSA) is 0 Å². The molecule has 58 heavy (non-hydrogen) atoms. The second-order valence-corrected chi connectivity index (χ2v) is 19.4. The molecule has 284 valence electrons. The van der Waals surface area contributed by atoms with Crippen LogP contribution in [0.25, 0.3) is 22.3 Å². The Morgan fingerprint density at radius 1 is 0.259 bits per heavy atom. The molecule has 0 spiro atoms. The van der Waals surface area contributed by atoms with Crippen molar-refractivity contribution in [3.05, 3.63) is 255 Å². The lowest BCUT2D eigenvalue weighted by Gasteiger charge is -2.34. The molecule has 2 aliphatic carbocycles. The highest BCUT2D eigenvalue weighted by molar-refractivity contribution is 9.11. The molecular weight excluding hydrogens is 968 g/mol. The van der Waals surface area contributed by atoms with E-state index in [1.54, 1.807) is 0 Å². The molecular formula is C54H40Br4. The van der Waals surface area contributed by atoms with Gasteiger partial charge in [0.2, 0.25) is 0 Å². The molecule has 0 aliphatic heterocycles. The van der Waals surface area contributed by atoms with Gasteiger partial charge in [-0.1, -0.05) is 207 Å². The predicted octanol–water partition coefficient (Wildman–Crippen LogP) is 16.4. The van der Waals surface area contributed by atoms with Crippen molar-refractivity contribution in [1.29, 1.82) is 0 Å². The number of hydrogen-bond donors (Lipinski definition) is 0. The first-order valence-corrected chi connectivity index (χ1v) is 22.7. The van der Waals surface area contributed by atoms with Crippen LogP contribution in [0.1, 0.15) is 66.8 Å². The Bertz CT molecular complexity index is 2440. The fourth-order valence-corrected chi connectivity index (χ4v) is 10.8. The lowest BCUT2D eigenvalue weighted by atomic mass is 9.67. The number of hydrogen-bond acceptors (Lipinski definition) is 0. The highest BCUT2D eigenvalue weighted by atomic mass is 79.9. The first-order chi connectivity index (χ1) is 28.0. The molecule has 0 amide bonds. The minimum atomic E-state index is -0.348. The normalized spacial score (nSPS) is 13.8. The van der Waals surface area contributed by atoms with Crippen LogP contribution in [0.3, 0.4) is 0 Å². The summed E-state index contributed by atoms with van der Waals surface area (Å²) >= 11 is 14.9. The summed E-state index contributed by atoms with van der Waals surface area (Å²) in [5.41, 5.74) is 20.1. The average Bonchev–Trinajstić information content (AvgIpc) is 3.65. The Morgan fingerprint density at radius 2 is 0.448 bits per heavy atom. The summed E-state index contributed by atoms with van der Waals surface area (Å²) in [5.74, 6) is 0. The highest BCUT2D eigenvalue weighted by Gasteiger charge is 2.47. The van der Waals surface area contributed by atoms with Crippen molar-refractivity contribution < 1.29 is 0 Å². The second-order valence-electron chi connectivity index (χ2n) is 15.7. The van der Waals surface area contributed by atoms with Gasteiger partial charge in [-0.05, 0) is 143 Å². The number of rotatable bonds is 4. The molecule has 8 aromatic rings. The summed E-state index contributed by atoms with van der Waals surface area (Å²) in [7, 11) is 0. The number of halogens is 4. The number of benzene rings is 8. The molecule has 0 atom stereocenters. The fourth-order valence-electron chi connectivity index (χ4n) is 9.33. The standard InChI is InChI=1S/2C27H20Br2/c2*1-17-3-7-19(8-4-17)27(20-9-5-18(2)6-10-20)25-15-21(28)11-13-23(25)24-14-12-22(29)16-26(24)27/h2*3-16H,1-2H3. The van der Waals surface area contributed by atoms with E-state index in [4.69, 9.17) is 0 Å². The third-order valence-corrected chi connectivity index (χ3v) is 14.0. The highest BCUT2D eigenvalue weighted by Crippen LogP contribution is 2.58. The van der Waals surface area contributed by atoms with E-state index in [1.165, 1.54) is 89.0 Å². The van der Waals surface area contributed by atoms with E-state index in [-0.39, 0.29) is 10.8 Å². The van der Waals surface area contributed by atoms with Crippen LogP contribution in [0, 0.1) is 27.7 Å². The summed E-state index contributed by atoms with van der Waals surface area (Å²) in [6, 6.07) is 62.8. The van der Waals surface area contributed by atoms with Crippen LogP contribution in [0.4, 0.5) is 0 Å². The monoisotopic (exact) mass is 1000 g/mol. The summed E-state index contributed by atoms with van der Waals surface area (Å²) in [6.07, 6.45) is 0. The maximum Gasteiger partial charge on any atom is 0.0714 e. The van der Waals surface area contributed by atoms with Gasteiger partial charge in [-0.25, -0.2) is 0 Å². The summed E-state index contributed by atoms with van der Waals surface area (Å²) < 4.78 is 4.41. The van der Waals surface area contributed by atoms with Crippen molar-refractivity contribution in [1.82, 2.24) is 0 Å². The molecule has 0 saturated heterocycles. The molecule has 2 aliphatic rings. The van der Waals surface area contributed by atoms with E-state index in [0.29, 0.717) is 0 Å². The minimum absolute atomic E-state index is 0.348. The first-order valence-electron chi connectivity index (χ1n) is 19.5. The van der Waals surface area contributed by atoms with Crippen molar-refractivity contribution in [2.45, 2.75) is 38.5 Å². The quantitative estimate of drug-likeness (QED) is 0.165. The van der Waals surface area contributed by atoms with Crippen LogP contribution in [0.5, 0.6) is 0 Å². The lowest BCUT2D eigenvalue weighted by Crippen LogP contribution is -2.28. The van der Waals surface area contributed by atoms with E-state index in [1.807, 2.05) is 0 Å². The van der Waals surface area contributed by atoms with Gasteiger partial charge >= 0.3 is 0 Å². The van der Waals surface area contributed by atoms with Gasteiger partial charge in [0, 0.05) is 17.9 Å². The molecule has 0 nitrogen and oxygen atoms in total. The van der Waals surface area contributed by atoms with E-state index in [9.17, 15) is 0 Å². The van der Waals surface area contributed by atoms with Gasteiger partial charge in [0.05, 0.1) is 10.8 Å². The van der Waals surface area contributed by atoms with E-state index in [0.717, 1.165) is 17.9 Å². The molecule has 0 heterocycles. The SMILES string of the molecule is Cc1ccc(C2(c3ccc(C)cc3)c3cc(Br)ccc3-c3ccc(Br)cc32)cc1.Cc1ccc(C2(c3ccc(C)cc3)c3cc(Br)ccc3-c3ccc(Br)cc32)cc1. The van der Waals surface area contributed by atoms with Gasteiger partial charge in [0.25, 0.3) is 0 Å². The Kier molecular flexibility index (Phi) is 10.4. The van der Waals surface area contributed by atoms with Crippen LogP contribution in [0.2, 0.25) is 0 Å². The molecule has 0 unspecified atom stereocenters. The molecule has 0 bridgehead atoms. The Morgan fingerprint density at radius 3 is 0.638 bits per heavy atom. The summed E-state index contributed by atoms with van der Waals surface area (Å²) in [5, 5.41) is 0. The van der Waals surface area contributed by atoms with Gasteiger partial charge in [-0.15, -0.1) is 0 Å². The van der Waals surface area contributed by atoms with Crippen LogP contribution in [-0.2, 0) is 10.8 Å². The summed E-state index contributed by atoms with van der Waals surface area (Å²) in [4.78, 5) is 0. The number of fused-ring (bicyclic) bond motifs is 6. The second kappa shape index (κ2) is 15.4. The minimum Gasteiger partial charge on any atom is -0.0590 e. The van der Waals surface area contributed by atoms with Gasteiger partial charge in [0.15, 0.2) is 0 Å². The molecule has 8 aromatic carbocycles. The Labute approximate surface area is 375 Å². The zero-order valence-electron chi connectivity index (χ0n) is 32.7. The molecule has 0 radical (unpaired) electrons. The van der Waals surface area contributed by atoms with E-state index >= 15 is 0 Å². The molecule has 0 fully saturated rings. The molecule has 0 saturated carbocycles.